The number of hydrogen-bond acceptors (Lipinski definition) is 5. The summed E-state index contributed by atoms with van der Waals surface area (Å²) in [6, 6.07) is 158. The van der Waals surface area contributed by atoms with E-state index in [2.05, 4.69) is 448 Å². The van der Waals surface area contributed by atoms with Crippen molar-refractivity contribution in [2.24, 2.45) is 0 Å². The summed E-state index contributed by atoms with van der Waals surface area (Å²) in [5, 5.41) is 14.7. The molecule has 23 aromatic rings. The minimum Gasteiger partial charge on any atom is -0.455 e. The SMILES string of the molecule is CC1(C)c2ccccc2-c2ccc(N(c3ccc(-c4ccc5c(oc6ccccc65)c4-c4ccc(-c5ccccc5)cc4)cc3)c3ccc4c5ccc(-c6ccc(-c7ccc(N(c8ccc(-c9cc%10sc%11ccccc%11c%10cc9-c9ccccc9)cc8)c8ccc(-c9cccc%10c9sc9ccccc9%10)cc8)cc7)cc6)cc5c5ccccc5c4c3)cc21. The first-order chi connectivity index (χ1) is 60.2. The summed E-state index contributed by atoms with van der Waals surface area (Å²) in [6.07, 6.45) is 0. The first kappa shape index (κ1) is 71.2. The Hall–Kier alpha value is -15.0. The lowest BCUT2D eigenvalue weighted by Gasteiger charge is -2.29. The molecule has 5 heteroatoms. The van der Waals surface area contributed by atoms with Crippen LogP contribution in [-0.2, 0) is 5.41 Å². The maximum Gasteiger partial charge on any atom is 0.143 e. The van der Waals surface area contributed by atoms with E-state index >= 15 is 0 Å². The van der Waals surface area contributed by atoms with E-state index in [0.29, 0.717) is 0 Å². The molecule has 0 unspecified atom stereocenters. The van der Waals surface area contributed by atoms with Crippen LogP contribution in [0.25, 0.3) is 195 Å². The van der Waals surface area contributed by atoms with Crippen LogP contribution in [0.2, 0.25) is 0 Å². The average Bonchev–Trinajstić information content (AvgIpc) is 1.72. The number of rotatable bonds is 14. The summed E-state index contributed by atoms with van der Waals surface area (Å²) in [7, 11) is 0. The minimum atomic E-state index is -0.198. The Bertz CT molecular complexity index is 8080. The molecule has 0 saturated carbocycles. The maximum atomic E-state index is 6.87. The molecule has 20 aromatic carbocycles. The number of hydrogen-bond donors (Lipinski definition) is 0. The smallest absolute Gasteiger partial charge is 0.143 e. The normalized spacial score (nSPS) is 12.4. The van der Waals surface area contributed by atoms with Gasteiger partial charge in [-0.05, 0) is 253 Å². The number of para-hydroxylation sites is 1. The third-order valence-corrected chi connectivity index (χ3v) is 28.1. The molecule has 572 valence electrons. The van der Waals surface area contributed by atoms with Crippen molar-refractivity contribution in [1.82, 2.24) is 0 Å². The fourth-order valence-corrected chi connectivity index (χ4v) is 22.0. The Morgan fingerprint density at radius 3 is 1.25 bits per heavy atom. The number of furan rings is 1. The van der Waals surface area contributed by atoms with Crippen LogP contribution in [0.4, 0.5) is 34.1 Å². The van der Waals surface area contributed by atoms with E-state index in [0.717, 1.165) is 89.4 Å². The quantitative estimate of drug-likeness (QED) is 0.101. The topological polar surface area (TPSA) is 19.6 Å². The Balaban J connectivity index is 0.565. The van der Waals surface area contributed by atoms with E-state index in [1.165, 1.54) is 151 Å². The molecule has 0 amide bonds. The summed E-state index contributed by atoms with van der Waals surface area (Å²) in [6.45, 7) is 4.75. The number of anilines is 6. The lowest BCUT2D eigenvalue weighted by Crippen LogP contribution is -2.16. The van der Waals surface area contributed by atoms with Gasteiger partial charge in [0.2, 0.25) is 0 Å². The van der Waals surface area contributed by atoms with Crippen molar-refractivity contribution in [3.05, 3.63) is 436 Å². The zero-order valence-corrected chi connectivity index (χ0v) is 68.7. The number of benzene rings is 20. The Morgan fingerprint density at radius 2 is 0.598 bits per heavy atom. The molecule has 0 fully saturated rings. The van der Waals surface area contributed by atoms with E-state index in [-0.39, 0.29) is 5.41 Å². The first-order valence-electron chi connectivity index (χ1n) is 42.0. The van der Waals surface area contributed by atoms with Crippen molar-refractivity contribution < 1.29 is 4.42 Å². The van der Waals surface area contributed by atoms with Crippen molar-refractivity contribution in [3.8, 4) is 100 Å². The fourth-order valence-electron chi connectivity index (χ4n) is 19.6. The molecule has 122 heavy (non-hydrogen) atoms. The maximum absolute atomic E-state index is 6.87. The fraction of sp³-hybridized carbons (Fsp3) is 0.0256. The van der Waals surface area contributed by atoms with Crippen LogP contribution < -0.4 is 9.80 Å². The van der Waals surface area contributed by atoms with Crippen molar-refractivity contribution in [3.63, 3.8) is 0 Å². The van der Waals surface area contributed by atoms with Crippen molar-refractivity contribution in [2.45, 2.75) is 19.3 Å². The van der Waals surface area contributed by atoms with Gasteiger partial charge >= 0.3 is 0 Å². The molecular weight excluding hydrogens is 1510 g/mol. The highest BCUT2D eigenvalue weighted by molar-refractivity contribution is 7.26. The van der Waals surface area contributed by atoms with Crippen LogP contribution in [0, 0.1) is 0 Å². The molecular formula is C117H76N2OS2. The van der Waals surface area contributed by atoms with Gasteiger partial charge in [-0.15, -0.1) is 22.7 Å². The van der Waals surface area contributed by atoms with Gasteiger partial charge in [0, 0.05) is 96.2 Å². The van der Waals surface area contributed by atoms with E-state index in [4.69, 9.17) is 4.42 Å². The molecule has 0 saturated heterocycles. The monoisotopic (exact) mass is 1590 g/mol. The van der Waals surface area contributed by atoms with Crippen molar-refractivity contribution in [1.29, 1.82) is 0 Å². The van der Waals surface area contributed by atoms with Gasteiger partial charge in [0.15, 0.2) is 0 Å². The lowest BCUT2D eigenvalue weighted by atomic mass is 9.82. The van der Waals surface area contributed by atoms with Crippen LogP contribution in [0.3, 0.4) is 0 Å². The van der Waals surface area contributed by atoms with Crippen molar-refractivity contribution in [2.75, 3.05) is 9.80 Å². The standard InChI is InChI=1S/C117H76N2OS2/c1-117(2)108-32-15-11-26-96(108)97-65-62-89(70-109(97)117)119(87-55-46-79(47-56-87)90-66-67-101-98-27-12-16-33-110(98)120-115(101)114(90)82-42-40-74(41-43-82)73-20-5-3-6-21-73)88-61-64-95-94-63-52-83(68-105(94)92-24-9-10-25-93(92)106(95)69-88)77-38-36-75(37-39-77)76-44-53-84(54-45-76)118(85-57-48-80(49-58-85)91-30-19-31-102-99-28-13-18-35-112(99)122-116(91)102)86-59-50-81(51-60-86)104-72-113-107(100-29-14-17-34-111(100)121-113)71-103(104)78-22-7-4-8-23-78/h3-72H,1-2H3. The third kappa shape index (κ3) is 11.8. The van der Waals surface area contributed by atoms with Gasteiger partial charge in [0.25, 0.3) is 0 Å². The molecule has 0 bridgehead atoms. The van der Waals surface area contributed by atoms with Crippen LogP contribution >= 0.6 is 22.7 Å². The average molecular weight is 1590 g/mol. The Kier molecular flexibility index (Phi) is 16.7. The van der Waals surface area contributed by atoms with Crippen LogP contribution in [-0.4, -0.2) is 0 Å². The minimum absolute atomic E-state index is 0.198. The highest BCUT2D eigenvalue weighted by Crippen LogP contribution is 2.54. The molecule has 24 rings (SSSR count). The van der Waals surface area contributed by atoms with Crippen molar-refractivity contribution >= 4 is 151 Å². The second-order valence-corrected chi connectivity index (χ2v) is 35.1. The summed E-state index contributed by atoms with van der Waals surface area (Å²) >= 11 is 3.74. The van der Waals surface area contributed by atoms with Gasteiger partial charge in [-0.3, -0.25) is 0 Å². The highest BCUT2D eigenvalue weighted by Gasteiger charge is 2.36. The lowest BCUT2D eigenvalue weighted by molar-refractivity contribution is 0.660. The number of thiophene rings is 2. The molecule has 3 nitrogen and oxygen atoms in total. The largest absolute Gasteiger partial charge is 0.455 e. The van der Waals surface area contributed by atoms with Gasteiger partial charge in [-0.25, -0.2) is 0 Å². The predicted molar refractivity (Wildman–Crippen MR) is 522 cm³/mol. The van der Waals surface area contributed by atoms with Crippen LogP contribution in [0.15, 0.2) is 429 Å². The van der Waals surface area contributed by atoms with Gasteiger partial charge in [0.05, 0.1) is 0 Å². The summed E-state index contributed by atoms with van der Waals surface area (Å²) < 4.78 is 12.1. The molecule has 0 N–H and O–H groups in total. The summed E-state index contributed by atoms with van der Waals surface area (Å²) in [5.41, 5.74) is 32.0. The van der Waals surface area contributed by atoms with E-state index in [1.807, 2.05) is 22.7 Å². The van der Waals surface area contributed by atoms with Gasteiger partial charge in [0.1, 0.15) is 11.2 Å². The number of fused-ring (bicyclic) bond motifs is 18. The molecule has 1 aliphatic carbocycles. The van der Waals surface area contributed by atoms with E-state index < -0.39 is 0 Å². The summed E-state index contributed by atoms with van der Waals surface area (Å²) in [5.74, 6) is 0. The molecule has 3 aromatic heterocycles. The number of nitrogens with zero attached hydrogens (tertiary/aromatic N) is 2. The van der Waals surface area contributed by atoms with E-state index in [9.17, 15) is 0 Å². The molecule has 0 radical (unpaired) electrons. The third-order valence-electron chi connectivity index (χ3n) is 25.7. The zero-order valence-electron chi connectivity index (χ0n) is 67.0. The molecule has 0 aliphatic heterocycles. The predicted octanol–water partition coefficient (Wildman–Crippen LogP) is 34.4. The van der Waals surface area contributed by atoms with Gasteiger partial charge < -0.3 is 14.2 Å². The Labute approximate surface area is 715 Å². The molecule has 0 atom stereocenters. The zero-order chi connectivity index (χ0) is 80.7. The van der Waals surface area contributed by atoms with Gasteiger partial charge in [-0.2, -0.15) is 0 Å². The highest BCUT2D eigenvalue weighted by atomic mass is 32.1. The Morgan fingerprint density at radius 1 is 0.205 bits per heavy atom. The summed E-state index contributed by atoms with van der Waals surface area (Å²) in [4.78, 5) is 4.86. The van der Waals surface area contributed by atoms with E-state index in [1.54, 1.807) is 0 Å². The van der Waals surface area contributed by atoms with Crippen LogP contribution in [0.5, 0.6) is 0 Å². The second kappa shape index (κ2) is 28.7. The molecule has 0 spiro atoms. The van der Waals surface area contributed by atoms with Crippen LogP contribution in [0.1, 0.15) is 25.0 Å². The molecule has 1 aliphatic rings. The first-order valence-corrected chi connectivity index (χ1v) is 43.6. The molecule has 3 heterocycles. The van der Waals surface area contributed by atoms with Gasteiger partial charge in [-0.1, -0.05) is 323 Å². The second-order valence-electron chi connectivity index (χ2n) is 32.9.